The first-order valence-electron chi connectivity index (χ1n) is 5.54. The Balaban J connectivity index is 2.39. The summed E-state index contributed by atoms with van der Waals surface area (Å²) in [5.41, 5.74) is 0.377. The summed E-state index contributed by atoms with van der Waals surface area (Å²) in [7, 11) is 0. The Labute approximate surface area is 104 Å². The van der Waals surface area contributed by atoms with Gasteiger partial charge in [0.15, 0.2) is 17.5 Å². The first-order chi connectivity index (χ1) is 8.22. The van der Waals surface area contributed by atoms with Crippen LogP contribution in [0.15, 0.2) is 17.5 Å². The summed E-state index contributed by atoms with van der Waals surface area (Å²) >= 11 is 1.55. The molecular weight excluding hydrogens is 237 g/mol. The van der Waals surface area contributed by atoms with Crippen LogP contribution in [0.25, 0.3) is 10.7 Å². The molecule has 0 aromatic carbocycles. The first kappa shape index (κ1) is 12.0. The van der Waals surface area contributed by atoms with Gasteiger partial charge in [0.2, 0.25) is 0 Å². The third-order valence-electron chi connectivity index (χ3n) is 2.30. The van der Waals surface area contributed by atoms with Gasteiger partial charge in [0, 0.05) is 6.54 Å². The van der Waals surface area contributed by atoms with Crippen molar-refractivity contribution in [3.8, 4) is 10.7 Å². The van der Waals surface area contributed by atoms with Crippen molar-refractivity contribution in [2.45, 2.75) is 20.3 Å². The van der Waals surface area contributed by atoms with Crippen molar-refractivity contribution in [2.24, 2.45) is 0 Å². The van der Waals surface area contributed by atoms with Gasteiger partial charge < -0.3 is 5.32 Å². The minimum atomic E-state index is -0.362. The maximum Gasteiger partial charge on any atom is 0.186 e. The number of aryl methyl sites for hydroxylation is 1. The molecule has 0 aliphatic heterocycles. The zero-order chi connectivity index (χ0) is 12.3. The maximum atomic E-state index is 13.8. The van der Waals surface area contributed by atoms with E-state index in [4.69, 9.17) is 0 Å². The van der Waals surface area contributed by atoms with Gasteiger partial charge in [-0.25, -0.2) is 14.4 Å². The van der Waals surface area contributed by atoms with Gasteiger partial charge in [-0.2, -0.15) is 0 Å². The Morgan fingerprint density at radius 1 is 1.41 bits per heavy atom. The van der Waals surface area contributed by atoms with Crippen molar-refractivity contribution >= 4 is 17.2 Å². The number of aromatic nitrogens is 2. The smallest absolute Gasteiger partial charge is 0.186 e. The van der Waals surface area contributed by atoms with E-state index in [1.807, 2.05) is 24.4 Å². The number of nitrogens with one attached hydrogen (secondary N) is 1. The normalized spacial score (nSPS) is 10.5. The van der Waals surface area contributed by atoms with E-state index in [0.29, 0.717) is 23.9 Å². The van der Waals surface area contributed by atoms with E-state index in [9.17, 15) is 4.39 Å². The highest BCUT2D eigenvalue weighted by molar-refractivity contribution is 7.13. The number of nitrogens with zero attached hydrogens (tertiary/aromatic N) is 2. The summed E-state index contributed by atoms with van der Waals surface area (Å²) in [6.07, 6.45) is 0.927. The molecule has 0 saturated carbocycles. The van der Waals surface area contributed by atoms with Crippen LogP contribution in [0.1, 0.15) is 19.0 Å². The number of hydrogen-bond acceptors (Lipinski definition) is 4. The number of anilines is 1. The topological polar surface area (TPSA) is 37.8 Å². The molecule has 0 atom stereocenters. The summed E-state index contributed by atoms with van der Waals surface area (Å²) in [6, 6.07) is 3.86. The lowest BCUT2D eigenvalue weighted by molar-refractivity contribution is 0.605. The van der Waals surface area contributed by atoms with Crippen LogP contribution in [0.5, 0.6) is 0 Å². The monoisotopic (exact) mass is 251 g/mol. The van der Waals surface area contributed by atoms with Crippen LogP contribution in [0, 0.1) is 12.7 Å². The van der Waals surface area contributed by atoms with Crippen LogP contribution in [0.4, 0.5) is 10.2 Å². The molecule has 0 radical (unpaired) electrons. The van der Waals surface area contributed by atoms with Crippen molar-refractivity contribution in [2.75, 3.05) is 11.9 Å². The van der Waals surface area contributed by atoms with E-state index < -0.39 is 0 Å². The highest BCUT2D eigenvalue weighted by Crippen LogP contribution is 2.24. The van der Waals surface area contributed by atoms with E-state index in [1.165, 1.54) is 0 Å². The fourth-order valence-corrected chi connectivity index (χ4v) is 2.09. The number of halogens is 1. The fourth-order valence-electron chi connectivity index (χ4n) is 1.44. The van der Waals surface area contributed by atoms with Gasteiger partial charge in [0.05, 0.1) is 10.6 Å². The summed E-state index contributed by atoms with van der Waals surface area (Å²) < 4.78 is 13.8. The lowest BCUT2D eigenvalue weighted by Gasteiger charge is -2.08. The fraction of sp³-hybridized carbons (Fsp3) is 0.333. The Morgan fingerprint density at radius 2 is 2.24 bits per heavy atom. The quantitative estimate of drug-likeness (QED) is 0.904. The molecule has 2 aromatic rings. The number of hydrogen-bond donors (Lipinski definition) is 1. The Hall–Kier alpha value is -1.49. The van der Waals surface area contributed by atoms with Crippen LogP contribution in [-0.4, -0.2) is 16.5 Å². The molecule has 0 bridgehead atoms. The van der Waals surface area contributed by atoms with Crippen LogP contribution in [-0.2, 0) is 0 Å². The minimum Gasteiger partial charge on any atom is -0.368 e. The van der Waals surface area contributed by atoms with Crippen molar-refractivity contribution in [3.63, 3.8) is 0 Å². The molecule has 2 heterocycles. The highest BCUT2D eigenvalue weighted by Gasteiger charge is 2.12. The van der Waals surface area contributed by atoms with Crippen molar-refractivity contribution < 1.29 is 4.39 Å². The molecular formula is C12H14FN3S. The average Bonchev–Trinajstić information content (AvgIpc) is 2.84. The van der Waals surface area contributed by atoms with E-state index in [1.54, 1.807) is 18.3 Å². The molecule has 2 aromatic heterocycles. The predicted octanol–water partition coefficient (Wildman–Crippen LogP) is 3.47. The van der Waals surface area contributed by atoms with Crippen molar-refractivity contribution in [1.29, 1.82) is 0 Å². The number of thiophene rings is 1. The summed E-state index contributed by atoms with van der Waals surface area (Å²) in [4.78, 5) is 9.35. The summed E-state index contributed by atoms with van der Waals surface area (Å²) in [5, 5.41) is 4.94. The molecule has 5 heteroatoms. The van der Waals surface area contributed by atoms with E-state index in [2.05, 4.69) is 15.3 Å². The molecule has 0 fully saturated rings. The van der Waals surface area contributed by atoms with E-state index in [-0.39, 0.29) is 5.82 Å². The summed E-state index contributed by atoms with van der Waals surface area (Å²) in [6.45, 7) is 4.39. The second-order valence-corrected chi connectivity index (χ2v) is 4.65. The highest BCUT2D eigenvalue weighted by atomic mass is 32.1. The molecule has 1 N–H and O–H groups in total. The Morgan fingerprint density at radius 3 is 2.88 bits per heavy atom. The Kier molecular flexibility index (Phi) is 3.68. The zero-order valence-electron chi connectivity index (χ0n) is 9.83. The van der Waals surface area contributed by atoms with Gasteiger partial charge in [-0.15, -0.1) is 11.3 Å². The van der Waals surface area contributed by atoms with Crippen LogP contribution in [0.2, 0.25) is 0 Å². The van der Waals surface area contributed by atoms with Crippen molar-refractivity contribution in [3.05, 3.63) is 29.0 Å². The zero-order valence-corrected chi connectivity index (χ0v) is 10.6. The standard InChI is InChI=1S/C12H14FN3S/c1-3-6-14-12-10(13)8(2)15-11(16-12)9-5-4-7-17-9/h4-5,7H,3,6H2,1-2H3,(H,14,15,16). The third-order valence-corrected chi connectivity index (χ3v) is 3.17. The first-order valence-corrected chi connectivity index (χ1v) is 6.42. The molecule has 0 aliphatic carbocycles. The molecule has 90 valence electrons. The number of rotatable bonds is 4. The second-order valence-electron chi connectivity index (χ2n) is 3.70. The molecule has 0 unspecified atom stereocenters. The van der Waals surface area contributed by atoms with Crippen LogP contribution in [0.3, 0.4) is 0 Å². The lowest BCUT2D eigenvalue weighted by Crippen LogP contribution is -2.07. The van der Waals surface area contributed by atoms with Gasteiger partial charge in [0.25, 0.3) is 0 Å². The molecule has 3 nitrogen and oxygen atoms in total. The molecule has 0 saturated heterocycles. The lowest BCUT2D eigenvalue weighted by atomic mass is 10.3. The van der Waals surface area contributed by atoms with Gasteiger partial charge in [0.1, 0.15) is 0 Å². The van der Waals surface area contributed by atoms with Gasteiger partial charge in [-0.3, -0.25) is 0 Å². The molecule has 0 aliphatic rings. The molecule has 2 rings (SSSR count). The van der Waals surface area contributed by atoms with Crippen LogP contribution >= 0.6 is 11.3 Å². The predicted molar refractivity (Wildman–Crippen MR) is 68.8 cm³/mol. The van der Waals surface area contributed by atoms with E-state index in [0.717, 1.165) is 11.3 Å². The SMILES string of the molecule is CCCNc1nc(-c2cccs2)nc(C)c1F. The van der Waals surface area contributed by atoms with Gasteiger partial charge >= 0.3 is 0 Å². The third kappa shape index (κ3) is 2.61. The van der Waals surface area contributed by atoms with E-state index >= 15 is 0 Å². The maximum absolute atomic E-state index is 13.8. The molecule has 17 heavy (non-hydrogen) atoms. The average molecular weight is 251 g/mol. The Bertz CT molecular complexity index is 497. The molecule has 0 spiro atoms. The molecule has 0 amide bonds. The summed E-state index contributed by atoms with van der Waals surface area (Å²) in [5.74, 6) is 0.513. The largest absolute Gasteiger partial charge is 0.368 e. The second kappa shape index (κ2) is 5.23. The van der Waals surface area contributed by atoms with Gasteiger partial charge in [-0.1, -0.05) is 13.0 Å². The van der Waals surface area contributed by atoms with Crippen molar-refractivity contribution in [1.82, 2.24) is 9.97 Å². The van der Waals surface area contributed by atoms with Gasteiger partial charge in [-0.05, 0) is 24.8 Å². The van der Waals surface area contributed by atoms with Crippen LogP contribution < -0.4 is 5.32 Å². The minimum absolute atomic E-state index is 0.294.